The highest BCUT2D eigenvalue weighted by Crippen LogP contribution is 2.21. The maximum atomic E-state index is 12.8. The molecule has 22 heavy (non-hydrogen) atoms. The Bertz CT molecular complexity index is 679. The fourth-order valence-electron chi connectivity index (χ4n) is 3.47. The van der Waals surface area contributed by atoms with Crippen LogP contribution >= 0.6 is 0 Å². The van der Waals surface area contributed by atoms with Crippen molar-refractivity contribution in [1.82, 2.24) is 9.80 Å². The lowest BCUT2D eigenvalue weighted by Gasteiger charge is -2.43. The van der Waals surface area contributed by atoms with Crippen LogP contribution in [0.1, 0.15) is 21.5 Å². The Morgan fingerprint density at radius 3 is 2.50 bits per heavy atom. The van der Waals surface area contributed by atoms with Crippen molar-refractivity contribution >= 4 is 15.7 Å². The highest BCUT2D eigenvalue weighted by atomic mass is 32.2. The first-order valence-corrected chi connectivity index (χ1v) is 9.49. The van der Waals surface area contributed by atoms with Crippen molar-refractivity contribution < 1.29 is 13.2 Å². The van der Waals surface area contributed by atoms with Crippen LogP contribution in [0.5, 0.6) is 0 Å². The monoisotopic (exact) mass is 322 g/mol. The molecule has 0 spiro atoms. The molecule has 0 unspecified atom stereocenters. The molecule has 120 valence electrons. The smallest absolute Gasteiger partial charge is 0.254 e. The number of amides is 1. The summed E-state index contributed by atoms with van der Waals surface area (Å²) in [5.74, 6) is 0.441. The van der Waals surface area contributed by atoms with Gasteiger partial charge in [-0.2, -0.15) is 0 Å². The third-order valence-electron chi connectivity index (χ3n) is 4.72. The van der Waals surface area contributed by atoms with E-state index in [4.69, 9.17) is 0 Å². The van der Waals surface area contributed by atoms with E-state index >= 15 is 0 Å². The van der Waals surface area contributed by atoms with Gasteiger partial charge in [-0.05, 0) is 25.0 Å². The van der Waals surface area contributed by atoms with Crippen molar-refractivity contribution in [2.45, 2.75) is 19.9 Å². The first kappa shape index (κ1) is 15.5. The van der Waals surface area contributed by atoms with Gasteiger partial charge in [-0.1, -0.05) is 18.2 Å². The number of aryl methyl sites for hydroxylation is 2. The van der Waals surface area contributed by atoms with Crippen LogP contribution in [0.4, 0.5) is 0 Å². The number of sulfone groups is 1. The Balaban J connectivity index is 1.80. The second-order valence-electron chi connectivity index (χ2n) is 6.32. The number of piperazine rings is 1. The maximum absolute atomic E-state index is 12.8. The largest absolute Gasteiger partial charge is 0.336 e. The fraction of sp³-hybridized carbons (Fsp3) is 0.562. The van der Waals surface area contributed by atoms with E-state index in [0.29, 0.717) is 19.6 Å². The summed E-state index contributed by atoms with van der Waals surface area (Å²) in [6, 6.07) is 5.79. The van der Waals surface area contributed by atoms with Gasteiger partial charge in [0, 0.05) is 37.8 Å². The van der Waals surface area contributed by atoms with Crippen molar-refractivity contribution in [1.29, 1.82) is 0 Å². The minimum atomic E-state index is -2.96. The summed E-state index contributed by atoms with van der Waals surface area (Å²) in [5, 5.41) is 0. The van der Waals surface area contributed by atoms with E-state index in [1.807, 2.05) is 36.9 Å². The van der Waals surface area contributed by atoms with E-state index in [1.54, 1.807) is 0 Å². The normalized spacial score (nSPS) is 24.8. The van der Waals surface area contributed by atoms with E-state index in [0.717, 1.165) is 23.2 Å². The summed E-state index contributed by atoms with van der Waals surface area (Å²) in [5.41, 5.74) is 2.71. The third-order valence-corrected chi connectivity index (χ3v) is 6.42. The van der Waals surface area contributed by atoms with E-state index in [2.05, 4.69) is 4.90 Å². The van der Waals surface area contributed by atoms with Gasteiger partial charge in [0.1, 0.15) is 0 Å². The van der Waals surface area contributed by atoms with Gasteiger partial charge in [-0.25, -0.2) is 8.42 Å². The van der Waals surface area contributed by atoms with Crippen LogP contribution in [0.15, 0.2) is 18.2 Å². The zero-order chi connectivity index (χ0) is 15.9. The lowest BCUT2D eigenvalue weighted by Crippen LogP contribution is -2.60. The fourth-order valence-corrected chi connectivity index (χ4v) is 5.05. The number of hydrogen-bond acceptors (Lipinski definition) is 4. The highest BCUT2D eigenvalue weighted by Gasteiger charge is 2.37. The molecule has 2 aliphatic rings. The van der Waals surface area contributed by atoms with Crippen LogP contribution in [0.25, 0.3) is 0 Å². The molecule has 0 saturated carbocycles. The Morgan fingerprint density at radius 1 is 1.14 bits per heavy atom. The van der Waals surface area contributed by atoms with Gasteiger partial charge in [0.15, 0.2) is 9.84 Å². The van der Waals surface area contributed by atoms with Gasteiger partial charge < -0.3 is 4.90 Å². The summed E-state index contributed by atoms with van der Waals surface area (Å²) in [6.45, 7) is 6.42. The molecule has 0 bridgehead atoms. The molecule has 0 aromatic heterocycles. The predicted octanol–water partition coefficient (Wildman–Crippen LogP) is 0.858. The molecule has 1 aromatic rings. The summed E-state index contributed by atoms with van der Waals surface area (Å²) < 4.78 is 23.7. The Kier molecular flexibility index (Phi) is 3.99. The summed E-state index contributed by atoms with van der Waals surface area (Å²) >= 11 is 0. The van der Waals surface area contributed by atoms with E-state index < -0.39 is 9.84 Å². The van der Waals surface area contributed by atoms with Crippen molar-refractivity contribution in [3.63, 3.8) is 0 Å². The number of hydrogen-bond donors (Lipinski definition) is 0. The highest BCUT2D eigenvalue weighted by molar-refractivity contribution is 7.91. The Morgan fingerprint density at radius 2 is 1.82 bits per heavy atom. The van der Waals surface area contributed by atoms with Crippen LogP contribution in [-0.4, -0.2) is 67.9 Å². The quantitative estimate of drug-likeness (QED) is 0.769. The average molecular weight is 322 g/mol. The molecule has 2 saturated heterocycles. The van der Waals surface area contributed by atoms with E-state index in [9.17, 15) is 13.2 Å². The van der Waals surface area contributed by atoms with Crippen molar-refractivity contribution in [2.24, 2.45) is 0 Å². The van der Waals surface area contributed by atoms with Crippen LogP contribution in [-0.2, 0) is 9.84 Å². The minimum Gasteiger partial charge on any atom is -0.336 e. The number of benzene rings is 1. The summed E-state index contributed by atoms with van der Waals surface area (Å²) in [4.78, 5) is 16.9. The second-order valence-corrected chi connectivity index (χ2v) is 8.55. The zero-order valence-electron chi connectivity index (χ0n) is 13.1. The Hall–Kier alpha value is -1.40. The van der Waals surface area contributed by atoms with Gasteiger partial charge in [-0.15, -0.1) is 0 Å². The van der Waals surface area contributed by atoms with Crippen LogP contribution in [0, 0.1) is 13.8 Å². The molecule has 2 heterocycles. The molecular weight excluding hydrogens is 300 g/mol. The van der Waals surface area contributed by atoms with Gasteiger partial charge in [0.25, 0.3) is 5.91 Å². The van der Waals surface area contributed by atoms with Crippen molar-refractivity contribution in [3.05, 3.63) is 34.9 Å². The number of nitrogens with zero attached hydrogens (tertiary/aromatic N) is 2. The van der Waals surface area contributed by atoms with Crippen LogP contribution < -0.4 is 0 Å². The molecule has 1 amide bonds. The standard InChI is InChI=1S/C16H22N2O3S/c1-12-4-3-5-13(2)15(12)16(19)18-7-6-17-8-9-22(20,21)11-14(17)10-18/h3-5,14H,6-11H2,1-2H3/t14-/m0/s1. The predicted molar refractivity (Wildman–Crippen MR) is 85.8 cm³/mol. The molecule has 1 aromatic carbocycles. The molecule has 3 rings (SSSR count). The number of carbonyl (C=O) groups is 1. The number of rotatable bonds is 1. The van der Waals surface area contributed by atoms with Crippen LogP contribution in [0.3, 0.4) is 0 Å². The first-order chi connectivity index (χ1) is 10.4. The molecule has 2 aliphatic heterocycles. The second kappa shape index (κ2) is 5.66. The lowest BCUT2D eigenvalue weighted by atomic mass is 10.0. The van der Waals surface area contributed by atoms with Crippen molar-refractivity contribution in [3.8, 4) is 0 Å². The topological polar surface area (TPSA) is 57.7 Å². The number of carbonyl (C=O) groups excluding carboxylic acids is 1. The molecule has 5 nitrogen and oxygen atoms in total. The molecule has 0 aliphatic carbocycles. The average Bonchev–Trinajstić information content (AvgIpc) is 2.45. The Labute approximate surface area is 131 Å². The molecule has 6 heteroatoms. The zero-order valence-corrected chi connectivity index (χ0v) is 13.9. The SMILES string of the molecule is Cc1cccc(C)c1C(=O)N1CCN2CCS(=O)(=O)C[C@@H]2C1. The summed E-state index contributed by atoms with van der Waals surface area (Å²) in [6.07, 6.45) is 0. The molecule has 1 atom stereocenters. The third kappa shape index (κ3) is 2.90. The van der Waals surface area contributed by atoms with Gasteiger partial charge in [0.2, 0.25) is 0 Å². The van der Waals surface area contributed by atoms with E-state index in [-0.39, 0.29) is 23.5 Å². The molecular formula is C16H22N2O3S. The van der Waals surface area contributed by atoms with Crippen LogP contribution in [0.2, 0.25) is 0 Å². The summed E-state index contributed by atoms with van der Waals surface area (Å²) in [7, 11) is -2.96. The van der Waals surface area contributed by atoms with Crippen molar-refractivity contribution in [2.75, 3.05) is 37.7 Å². The lowest BCUT2D eigenvalue weighted by molar-refractivity contribution is 0.0520. The molecule has 0 radical (unpaired) electrons. The van der Waals surface area contributed by atoms with Gasteiger partial charge in [0.05, 0.1) is 11.5 Å². The van der Waals surface area contributed by atoms with Gasteiger partial charge in [-0.3, -0.25) is 9.69 Å². The molecule has 0 N–H and O–H groups in total. The minimum absolute atomic E-state index is 0.0261. The van der Waals surface area contributed by atoms with E-state index in [1.165, 1.54) is 0 Å². The first-order valence-electron chi connectivity index (χ1n) is 7.67. The van der Waals surface area contributed by atoms with Gasteiger partial charge >= 0.3 is 0 Å². The number of fused-ring (bicyclic) bond motifs is 1. The maximum Gasteiger partial charge on any atom is 0.254 e. The molecule has 2 fully saturated rings.